The molecule has 2 aliphatic heterocycles. The van der Waals surface area contributed by atoms with Crippen LogP contribution in [0.1, 0.15) is 5.82 Å². The van der Waals surface area contributed by atoms with Crippen molar-refractivity contribution in [3.63, 3.8) is 0 Å². The van der Waals surface area contributed by atoms with Crippen LogP contribution in [-0.2, 0) is 29.7 Å². The zero-order valence-electron chi connectivity index (χ0n) is 19.2. The second-order valence-electron chi connectivity index (χ2n) is 8.17. The van der Waals surface area contributed by atoms with E-state index in [1.54, 1.807) is 33.6 Å². The van der Waals surface area contributed by atoms with Crippen LogP contribution in [0.4, 0.5) is 10.2 Å². The summed E-state index contributed by atoms with van der Waals surface area (Å²) in [6, 6.07) is 8.04. The van der Waals surface area contributed by atoms with Crippen molar-refractivity contribution in [2.75, 3.05) is 37.8 Å². The predicted octanol–water partition coefficient (Wildman–Crippen LogP) is 3.04. The normalized spacial score (nSPS) is 15.5. The topological polar surface area (TPSA) is 87.3 Å². The van der Waals surface area contributed by atoms with Gasteiger partial charge in [0.25, 0.3) is 5.56 Å². The van der Waals surface area contributed by atoms with E-state index in [0.717, 1.165) is 0 Å². The van der Waals surface area contributed by atoms with Crippen molar-refractivity contribution < 1.29 is 13.9 Å². The van der Waals surface area contributed by atoms with Gasteiger partial charge in [-0.3, -0.25) is 14.0 Å². The van der Waals surface area contributed by atoms with Gasteiger partial charge in [0, 0.05) is 43.1 Å². The number of aryl methyl sites for hydroxylation is 1. The molecular weight excluding hydrogens is 475 g/mol. The Labute approximate surface area is 205 Å². The molecule has 35 heavy (non-hydrogen) atoms. The van der Waals surface area contributed by atoms with Crippen LogP contribution in [0.5, 0.6) is 0 Å². The van der Waals surface area contributed by atoms with Gasteiger partial charge in [-0.1, -0.05) is 11.6 Å². The summed E-state index contributed by atoms with van der Waals surface area (Å²) >= 11 is 5.93. The monoisotopic (exact) mass is 498 g/mol. The molecule has 0 atom stereocenters. The molecule has 0 bridgehead atoms. The molecule has 0 unspecified atom stereocenters. The van der Waals surface area contributed by atoms with Crippen molar-refractivity contribution in [1.29, 1.82) is 0 Å². The van der Waals surface area contributed by atoms with E-state index in [9.17, 15) is 9.18 Å². The Morgan fingerprint density at radius 2 is 1.86 bits per heavy atom. The maximum Gasteiger partial charge on any atom is 0.261 e. The second kappa shape index (κ2) is 10.1. The van der Waals surface area contributed by atoms with E-state index in [2.05, 4.69) is 10.1 Å². The second-order valence-corrected chi connectivity index (χ2v) is 8.60. The Kier molecular flexibility index (Phi) is 6.76. The Hall–Kier alpha value is -3.34. The van der Waals surface area contributed by atoms with Gasteiger partial charge in [0.2, 0.25) is 0 Å². The Morgan fingerprint density at radius 3 is 2.54 bits per heavy atom. The van der Waals surface area contributed by atoms with Crippen molar-refractivity contribution >= 4 is 28.3 Å². The van der Waals surface area contributed by atoms with Crippen LogP contribution in [0.2, 0.25) is 5.02 Å². The molecule has 6 rings (SSSR count). The molecule has 182 valence electrons. The number of aromatic nitrogens is 5. The van der Waals surface area contributed by atoms with Gasteiger partial charge in [0.1, 0.15) is 35.3 Å². The number of nitrogens with zero attached hydrogens (tertiary/aromatic N) is 6. The highest BCUT2D eigenvalue weighted by atomic mass is 35.5. The number of hydrogen-bond donors (Lipinski definition) is 0. The number of benzene rings is 1. The van der Waals surface area contributed by atoms with Crippen LogP contribution >= 0.6 is 11.6 Å². The van der Waals surface area contributed by atoms with Crippen molar-refractivity contribution in [1.82, 2.24) is 24.3 Å². The molecular formula is C24H24ClFN6O3. The molecule has 0 amide bonds. The maximum absolute atomic E-state index is 14.8. The fourth-order valence-electron chi connectivity index (χ4n) is 4.08. The fraction of sp³-hybridized carbons (Fsp3) is 0.333. The van der Waals surface area contributed by atoms with Crippen LogP contribution in [0.25, 0.3) is 22.2 Å². The predicted molar refractivity (Wildman–Crippen MR) is 130 cm³/mol. The first-order valence-corrected chi connectivity index (χ1v) is 11.6. The van der Waals surface area contributed by atoms with Gasteiger partial charge in [-0.2, -0.15) is 5.10 Å². The van der Waals surface area contributed by atoms with Crippen LogP contribution in [0, 0.1) is 5.82 Å². The van der Waals surface area contributed by atoms with Crippen LogP contribution < -0.4 is 10.5 Å². The molecule has 0 spiro atoms. The number of fused-ring (bicyclic) bond motifs is 2. The summed E-state index contributed by atoms with van der Waals surface area (Å²) < 4.78 is 29.0. The van der Waals surface area contributed by atoms with E-state index < -0.39 is 5.82 Å². The zero-order chi connectivity index (χ0) is 24.4. The summed E-state index contributed by atoms with van der Waals surface area (Å²) in [4.78, 5) is 24.6. The molecule has 0 N–H and O–H groups in total. The van der Waals surface area contributed by atoms with Crippen molar-refractivity contribution in [3.8, 4) is 11.3 Å². The van der Waals surface area contributed by atoms with Crippen LogP contribution in [0.3, 0.4) is 0 Å². The lowest BCUT2D eigenvalue weighted by molar-refractivity contribution is 0.0788. The van der Waals surface area contributed by atoms with Gasteiger partial charge in [0.05, 0.1) is 31.8 Å². The first-order valence-electron chi connectivity index (χ1n) is 11.2. The SMILES string of the molecule is Cn1cccn1.O=c1c2cc(N3CCOCC3)nc(-c3ccc(Cl)cc3F)c2nc2n1CCOC2. The average Bonchev–Trinajstić information content (AvgIpc) is 3.36. The third-order valence-corrected chi connectivity index (χ3v) is 6.09. The number of halogens is 2. The number of pyridine rings is 1. The molecule has 0 radical (unpaired) electrons. The van der Waals surface area contributed by atoms with E-state index in [-0.39, 0.29) is 17.7 Å². The molecule has 2 aliphatic rings. The average molecular weight is 499 g/mol. The lowest BCUT2D eigenvalue weighted by Crippen LogP contribution is -2.37. The van der Waals surface area contributed by atoms with Crippen molar-refractivity contribution in [3.05, 3.63) is 69.7 Å². The minimum Gasteiger partial charge on any atom is -0.378 e. The molecule has 1 fully saturated rings. The van der Waals surface area contributed by atoms with E-state index in [1.807, 2.05) is 24.2 Å². The van der Waals surface area contributed by atoms with Gasteiger partial charge >= 0.3 is 0 Å². The van der Waals surface area contributed by atoms with Gasteiger partial charge < -0.3 is 14.4 Å². The first kappa shape index (κ1) is 23.4. The lowest BCUT2D eigenvalue weighted by Gasteiger charge is -2.28. The quantitative estimate of drug-likeness (QED) is 0.420. The van der Waals surface area contributed by atoms with Crippen LogP contribution in [0.15, 0.2) is 47.5 Å². The van der Waals surface area contributed by atoms with Gasteiger partial charge in [0.15, 0.2) is 0 Å². The number of anilines is 1. The highest BCUT2D eigenvalue weighted by Crippen LogP contribution is 2.31. The summed E-state index contributed by atoms with van der Waals surface area (Å²) in [5.41, 5.74) is 0.776. The fourth-order valence-corrected chi connectivity index (χ4v) is 4.24. The summed E-state index contributed by atoms with van der Waals surface area (Å²) in [6.07, 6.45) is 3.64. The molecule has 1 saturated heterocycles. The van der Waals surface area contributed by atoms with Gasteiger partial charge in [-0.15, -0.1) is 0 Å². The molecule has 0 aliphatic carbocycles. The van der Waals surface area contributed by atoms with Gasteiger partial charge in [-0.05, 0) is 30.3 Å². The molecule has 9 nitrogen and oxygen atoms in total. The zero-order valence-corrected chi connectivity index (χ0v) is 19.9. The molecule has 4 aromatic rings. The summed E-state index contributed by atoms with van der Waals surface area (Å²) in [5, 5.41) is 4.54. The molecule has 3 aromatic heterocycles. The molecule has 5 heterocycles. The lowest BCUT2D eigenvalue weighted by atomic mass is 10.1. The highest BCUT2D eigenvalue weighted by molar-refractivity contribution is 6.30. The smallest absolute Gasteiger partial charge is 0.261 e. The number of hydrogen-bond acceptors (Lipinski definition) is 7. The molecule has 0 saturated carbocycles. The Morgan fingerprint density at radius 1 is 1.06 bits per heavy atom. The summed E-state index contributed by atoms with van der Waals surface area (Å²) in [5.74, 6) is 0.614. The highest BCUT2D eigenvalue weighted by Gasteiger charge is 2.23. The number of ether oxygens (including phenoxy) is 2. The largest absolute Gasteiger partial charge is 0.378 e. The van der Waals surface area contributed by atoms with E-state index in [1.165, 1.54) is 6.07 Å². The summed E-state index contributed by atoms with van der Waals surface area (Å²) in [7, 11) is 1.89. The van der Waals surface area contributed by atoms with E-state index in [4.69, 9.17) is 26.1 Å². The standard InChI is InChI=1S/C20H18ClFN4O3.C4H6N2/c21-12-1-2-13(15(22)9-12)18-19-14(10-16(23-18)25-3-6-28-7-4-25)20(27)26-5-8-29-11-17(26)24-19;1-6-4-2-3-5-6/h1-2,9-10H,3-8,11H2;2-4H,1H3. The molecule has 11 heteroatoms. The minimum absolute atomic E-state index is 0.166. The van der Waals surface area contributed by atoms with E-state index >= 15 is 0 Å². The van der Waals surface area contributed by atoms with Crippen molar-refractivity contribution in [2.45, 2.75) is 13.2 Å². The van der Waals surface area contributed by atoms with Crippen LogP contribution in [-0.4, -0.2) is 57.2 Å². The molecule has 1 aromatic carbocycles. The number of rotatable bonds is 2. The third kappa shape index (κ3) is 4.90. The third-order valence-electron chi connectivity index (χ3n) is 5.86. The first-order chi connectivity index (χ1) is 17.0. The number of morpholine rings is 1. The van der Waals surface area contributed by atoms with E-state index in [0.29, 0.717) is 72.7 Å². The minimum atomic E-state index is -0.513. The van der Waals surface area contributed by atoms with Crippen molar-refractivity contribution in [2.24, 2.45) is 7.05 Å². The Bertz CT molecular complexity index is 1400. The Balaban J connectivity index is 0.000000371. The van der Waals surface area contributed by atoms with Gasteiger partial charge in [-0.25, -0.2) is 14.4 Å². The summed E-state index contributed by atoms with van der Waals surface area (Å²) in [6.45, 7) is 3.57. The maximum atomic E-state index is 14.8.